The number of benzene rings is 1. The maximum Gasteiger partial charge on any atom is 0.301 e. The Kier molecular flexibility index (Phi) is 3.23. The van der Waals surface area contributed by atoms with Gasteiger partial charge in [-0.15, -0.1) is 0 Å². The van der Waals surface area contributed by atoms with Gasteiger partial charge in [-0.1, -0.05) is 12.1 Å². The van der Waals surface area contributed by atoms with Gasteiger partial charge >= 0.3 is 5.91 Å². The first kappa shape index (κ1) is 13.4. The highest BCUT2D eigenvalue weighted by atomic mass is 16.4. The van der Waals surface area contributed by atoms with E-state index < -0.39 is 5.91 Å². The number of para-hydroxylation sites is 2. The van der Waals surface area contributed by atoms with Gasteiger partial charge in [-0.3, -0.25) is 10.2 Å². The molecule has 0 aliphatic rings. The zero-order valence-corrected chi connectivity index (χ0v) is 11.9. The van der Waals surface area contributed by atoms with E-state index in [4.69, 9.17) is 10.3 Å². The number of rotatable bonds is 3. The van der Waals surface area contributed by atoms with E-state index in [9.17, 15) is 4.79 Å². The summed E-state index contributed by atoms with van der Waals surface area (Å²) in [5.41, 5.74) is 4.82. The van der Waals surface area contributed by atoms with Crippen LogP contribution in [0, 0.1) is 13.8 Å². The lowest BCUT2D eigenvalue weighted by atomic mass is 10.2. The molecule has 3 N–H and O–H groups in total. The average Bonchev–Trinajstić information content (AvgIpc) is 2.99. The minimum atomic E-state index is -0.425. The third-order valence-corrected chi connectivity index (χ3v) is 3.47. The van der Waals surface area contributed by atoms with Gasteiger partial charge in [0.15, 0.2) is 5.76 Å². The standard InChI is InChI=1S/C15H16N4O2/c1-9-7-11(21-14(9)15(20)18-16)8-19-10(2)17-12-5-3-4-6-13(12)19/h3-7H,8,16H2,1-2H3,(H,18,20). The predicted octanol–water partition coefficient (Wildman–Crippen LogP) is 1.90. The third-order valence-electron chi connectivity index (χ3n) is 3.47. The summed E-state index contributed by atoms with van der Waals surface area (Å²) in [6, 6.07) is 9.76. The van der Waals surface area contributed by atoms with E-state index in [0.717, 1.165) is 22.4 Å². The van der Waals surface area contributed by atoms with Gasteiger partial charge in [0.05, 0.1) is 17.6 Å². The smallest absolute Gasteiger partial charge is 0.301 e. The van der Waals surface area contributed by atoms with Crippen molar-refractivity contribution in [2.75, 3.05) is 0 Å². The Bertz CT molecular complexity index is 816. The molecule has 6 heteroatoms. The summed E-state index contributed by atoms with van der Waals surface area (Å²) in [6.45, 7) is 4.28. The molecule has 6 nitrogen and oxygen atoms in total. The molecule has 0 atom stereocenters. The number of hydrogen-bond donors (Lipinski definition) is 2. The minimum absolute atomic E-state index is 0.245. The molecule has 108 valence electrons. The molecule has 3 rings (SSSR count). The van der Waals surface area contributed by atoms with Gasteiger partial charge in [-0.25, -0.2) is 10.8 Å². The zero-order chi connectivity index (χ0) is 15.0. The lowest BCUT2D eigenvalue weighted by Crippen LogP contribution is -2.30. The van der Waals surface area contributed by atoms with Crippen LogP contribution in [0.3, 0.4) is 0 Å². The highest BCUT2D eigenvalue weighted by Crippen LogP contribution is 2.20. The van der Waals surface area contributed by atoms with Crippen molar-refractivity contribution in [2.45, 2.75) is 20.4 Å². The number of imidazole rings is 1. The Morgan fingerprint density at radius 3 is 2.90 bits per heavy atom. The number of carbonyl (C=O) groups is 1. The number of furan rings is 1. The number of aryl methyl sites for hydroxylation is 2. The van der Waals surface area contributed by atoms with Gasteiger partial charge < -0.3 is 8.98 Å². The second-order valence-electron chi connectivity index (χ2n) is 4.93. The number of nitrogens with two attached hydrogens (primary N) is 1. The number of nitrogen functional groups attached to an aromatic ring is 1. The number of hydrogen-bond acceptors (Lipinski definition) is 4. The molecule has 0 aliphatic heterocycles. The van der Waals surface area contributed by atoms with Crippen LogP contribution in [0.5, 0.6) is 0 Å². The molecule has 2 heterocycles. The summed E-state index contributed by atoms with van der Waals surface area (Å²) in [7, 11) is 0. The summed E-state index contributed by atoms with van der Waals surface area (Å²) < 4.78 is 7.66. The number of carbonyl (C=O) groups excluding carboxylic acids is 1. The Balaban J connectivity index is 1.99. The quantitative estimate of drug-likeness (QED) is 0.437. The molecule has 0 bridgehead atoms. The number of fused-ring (bicyclic) bond motifs is 1. The van der Waals surface area contributed by atoms with E-state index in [1.54, 1.807) is 0 Å². The molecule has 0 saturated heterocycles. The molecule has 1 aromatic carbocycles. The van der Waals surface area contributed by atoms with Crippen molar-refractivity contribution in [1.29, 1.82) is 0 Å². The van der Waals surface area contributed by atoms with Crippen LogP contribution in [0.2, 0.25) is 0 Å². The fraction of sp³-hybridized carbons (Fsp3) is 0.200. The number of hydrazine groups is 1. The van der Waals surface area contributed by atoms with Gasteiger partial charge in [0.1, 0.15) is 11.6 Å². The first-order valence-corrected chi connectivity index (χ1v) is 6.62. The van der Waals surface area contributed by atoms with E-state index in [1.807, 2.05) is 44.2 Å². The molecule has 0 aliphatic carbocycles. The van der Waals surface area contributed by atoms with E-state index in [-0.39, 0.29) is 5.76 Å². The largest absolute Gasteiger partial charge is 0.454 e. The molecule has 1 amide bonds. The number of aromatic nitrogens is 2. The molecule has 0 radical (unpaired) electrons. The first-order chi connectivity index (χ1) is 10.1. The topological polar surface area (TPSA) is 86.1 Å². The number of nitrogens with one attached hydrogen (secondary N) is 1. The molecule has 21 heavy (non-hydrogen) atoms. The molecule has 0 saturated carbocycles. The Labute approximate surface area is 121 Å². The molecule has 0 fully saturated rings. The average molecular weight is 284 g/mol. The fourth-order valence-electron chi connectivity index (χ4n) is 2.47. The SMILES string of the molecule is Cc1cc(Cn2c(C)nc3ccccc32)oc1C(=O)NN. The summed E-state index contributed by atoms with van der Waals surface area (Å²) in [5.74, 6) is 6.55. The van der Waals surface area contributed by atoms with Crippen LogP contribution in [0.25, 0.3) is 11.0 Å². The van der Waals surface area contributed by atoms with Gasteiger partial charge in [-0.2, -0.15) is 0 Å². The van der Waals surface area contributed by atoms with Crippen LogP contribution in [0.15, 0.2) is 34.7 Å². The second-order valence-corrected chi connectivity index (χ2v) is 4.93. The first-order valence-electron chi connectivity index (χ1n) is 6.62. The summed E-state index contributed by atoms with van der Waals surface area (Å²) in [4.78, 5) is 16.1. The van der Waals surface area contributed by atoms with Gasteiger partial charge in [0.2, 0.25) is 0 Å². The van der Waals surface area contributed by atoms with Crippen molar-refractivity contribution >= 4 is 16.9 Å². The van der Waals surface area contributed by atoms with E-state index in [0.29, 0.717) is 12.3 Å². The number of amides is 1. The van der Waals surface area contributed by atoms with Crippen LogP contribution in [-0.4, -0.2) is 15.5 Å². The highest BCUT2D eigenvalue weighted by Gasteiger charge is 2.16. The molecular formula is C15H16N4O2. The van der Waals surface area contributed by atoms with Crippen molar-refractivity contribution in [1.82, 2.24) is 15.0 Å². The van der Waals surface area contributed by atoms with Crippen molar-refractivity contribution in [2.24, 2.45) is 5.84 Å². The van der Waals surface area contributed by atoms with E-state index in [1.165, 1.54) is 0 Å². The monoisotopic (exact) mass is 284 g/mol. The van der Waals surface area contributed by atoms with Crippen molar-refractivity contribution < 1.29 is 9.21 Å². The molecule has 3 aromatic rings. The van der Waals surface area contributed by atoms with Crippen molar-refractivity contribution in [3.8, 4) is 0 Å². The predicted molar refractivity (Wildman–Crippen MR) is 78.7 cm³/mol. The molecule has 0 spiro atoms. The van der Waals surface area contributed by atoms with Gasteiger partial charge in [0.25, 0.3) is 0 Å². The normalized spacial score (nSPS) is 11.0. The Hall–Kier alpha value is -2.60. The van der Waals surface area contributed by atoms with Crippen LogP contribution in [-0.2, 0) is 6.54 Å². The highest BCUT2D eigenvalue weighted by molar-refractivity contribution is 5.92. The summed E-state index contributed by atoms with van der Waals surface area (Å²) >= 11 is 0. The lowest BCUT2D eigenvalue weighted by molar-refractivity contribution is 0.0923. The second kappa shape index (κ2) is 5.06. The molecular weight excluding hydrogens is 268 g/mol. The van der Waals surface area contributed by atoms with Crippen molar-refractivity contribution in [3.05, 3.63) is 53.2 Å². The number of nitrogens with zero attached hydrogens (tertiary/aromatic N) is 2. The van der Waals surface area contributed by atoms with Crippen LogP contribution < -0.4 is 11.3 Å². The zero-order valence-electron chi connectivity index (χ0n) is 11.9. The molecule has 2 aromatic heterocycles. The van der Waals surface area contributed by atoms with Crippen LogP contribution in [0.4, 0.5) is 0 Å². The summed E-state index contributed by atoms with van der Waals surface area (Å²) in [6.07, 6.45) is 0. The summed E-state index contributed by atoms with van der Waals surface area (Å²) in [5, 5.41) is 0. The fourth-order valence-corrected chi connectivity index (χ4v) is 2.47. The van der Waals surface area contributed by atoms with Gasteiger partial charge in [0, 0.05) is 5.56 Å². The third kappa shape index (κ3) is 2.30. The van der Waals surface area contributed by atoms with Crippen molar-refractivity contribution in [3.63, 3.8) is 0 Å². The Morgan fingerprint density at radius 1 is 1.38 bits per heavy atom. The lowest BCUT2D eigenvalue weighted by Gasteiger charge is -2.04. The van der Waals surface area contributed by atoms with Crippen LogP contribution >= 0.6 is 0 Å². The maximum atomic E-state index is 11.6. The Morgan fingerprint density at radius 2 is 2.14 bits per heavy atom. The van der Waals surface area contributed by atoms with Crippen LogP contribution in [0.1, 0.15) is 27.7 Å². The van der Waals surface area contributed by atoms with E-state index >= 15 is 0 Å². The minimum Gasteiger partial charge on any atom is -0.454 e. The van der Waals surface area contributed by atoms with Gasteiger partial charge in [-0.05, 0) is 32.0 Å². The maximum absolute atomic E-state index is 11.6. The van der Waals surface area contributed by atoms with E-state index in [2.05, 4.69) is 15.0 Å². The molecule has 0 unspecified atom stereocenters.